The van der Waals surface area contributed by atoms with Crippen molar-refractivity contribution in [2.45, 2.75) is 13.5 Å². The molecule has 2 N–H and O–H groups in total. The van der Waals surface area contributed by atoms with E-state index in [1.807, 2.05) is 31.2 Å². The molecule has 0 atom stereocenters. The molecular formula is C14H14N6O. The molecular weight excluding hydrogens is 268 g/mol. The van der Waals surface area contributed by atoms with Crippen LogP contribution in [0.25, 0.3) is 5.69 Å². The molecule has 1 amide bonds. The number of hydrogen-bond donors (Lipinski definition) is 2. The molecule has 7 heteroatoms. The Morgan fingerprint density at radius 1 is 1.33 bits per heavy atom. The van der Waals surface area contributed by atoms with E-state index < -0.39 is 0 Å². The molecule has 0 aliphatic heterocycles. The van der Waals surface area contributed by atoms with E-state index in [0.717, 1.165) is 16.9 Å². The molecule has 0 saturated carbocycles. The smallest absolute Gasteiger partial charge is 0.272 e. The Kier molecular flexibility index (Phi) is 3.46. The van der Waals surface area contributed by atoms with Crippen molar-refractivity contribution in [2.24, 2.45) is 0 Å². The van der Waals surface area contributed by atoms with E-state index in [-0.39, 0.29) is 5.91 Å². The predicted octanol–water partition coefficient (Wildman–Crippen LogP) is 1.23. The van der Waals surface area contributed by atoms with E-state index in [1.165, 1.54) is 6.33 Å². The first-order valence-electron chi connectivity index (χ1n) is 6.46. The highest BCUT2D eigenvalue weighted by Gasteiger charge is 2.08. The number of aromatic nitrogens is 5. The molecule has 0 bridgehead atoms. The number of H-pyrrole nitrogens is 1. The summed E-state index contributed by atoms with van der Waals surface area (Å²) < 4.78 is 1.68. The average molecular weight is 282 g/mol. The second-order valence-electron chi connectivity index (χ2n) is 4.63. The van der Waals surface area contributed by atoms with Crippen LogP contribution in [0.4, 0.5) is 0 Å². The van der Waals surface area contributed by atoms with E-state index >= 15 is 0 Å². The topological polar surface area (TPSA) is 88.5 Å². The standard InChI is InChI=1S/C14H14N6O/c1-10-6-13(19-18-10)14(21)16-7-11-2-4-12(5-3-11)20-9-15-8-17-20/h2-6,8-9H,7H2,1H3,(H,16,21)(H,18,19). The maximum absolute atomic E-state index is 11.9. The van der Waals surface area contributed by atoms with Crippen molar-refractivity contribution < 1.29 is 4.79 Å². The Balaban J connectivity index is 1.62. The van der Waals surface area contributed by atoms with Crippen molar-refractivity contribution in [3.05, 3.63) is 59.9 Å². The van der Waals surface area contributed by atoms with E-state index in [9.17, 15) is 4.79 Å². The minimum Gasteiger partial charge on any atom is -0.347 e. The van der Waals surface area contributed by atoms with Crippen molar-refractivity contribution >= 4 is 5.91 Å². The number of rotatable bonds is 4. The summed E-state index contributed by atoms with van der Waals surface area (Å²) in [6.45, 7) is 2.30. The Hall–Kier alpha value is -2.96. The van der Waals surface area contributed by atoms with E-state index in [2.05, 4.69) is 25.6 Å². The monoisotopic (exact) mass is 282 g/mol. The first-order chi connectivity index (χ1) is 10.2. The Morgan fingerprint density at radius 2 is 2.14 bits per heavy atom. The second kappa shape index (κ2) is 5.58. The minimum atomic E-state index is -0.195. The Bertz CT molecular complexity index is 729. The third-order valence-electron chi connectivity index (χ3n) is 3.01. The molecule has 3 aromatic rings. The van der Waals surface area contributed by atoms with Gasteiger partial charge in [-0.05, 0) is 30.7 Å². The van der Waals surface area contributed by atoms with Gasteiger partial charge in [-0.25, -0.2) is 9.67 Å². The zero-order valence-electron chi connectivity index (χ0n) is 11.4. The van der Waals surface area contributed by atoms with Crippen LogP contribution in [0.3, 0.4) is 0 Å². The van der Waals surface area contributed by atoms with Gasteiger partial charge in [0, 0.05) is 12.2 Å². The quantitative estimate of drug-likeness (QED) is 0.753. The molecule has 0 radical (unpaired) electrons. The third kappa shape index (κ3) is 2.97. The van der Waals surface area contributed by atoms with Gasteiger partial charge in [0.05, 0.1) is 5.69 Å². The predicted molar refractivity (Wildman–Crippen MR) is 75.9 cm³/mol. The number of benzene rings is 1. The second-order valence-corrected chi connectivity index (χ2v) is 4.63. The molecule has 106 valence electrons. The first kappa shape index (κ1) is 13.0. The average Bonchev–Trinajstić information content (AvgIpc) is 3.16. The van der Waals surface area contributed by atoms with Gasteiger partial charge in [-0.2, -0.15) is 10.2 Å². The van der Waals surface area contributed by atoms with Crippen molar-refractivity contribution in [3.63, 3.8) is 0 Å². The molecule has 0 aliphatic carbocycles. The first-order valence-corrected chi connectivity index (χ1v) is 6.46. The summed E-state index contributed by atoms with van der Waals surface area (Å²) in [5.74, 6) is -0.195. The lowest BCUT2D eigenvalue weighted by molar-refractivity contribution is 0.0946. The molecule has 1 aromatic carbocycles. The SMILES string of the molecule is Cc1cc(C(=O)NCc2ccc(-n3cncn3)cc2)n[nH]1. The van der Waals surface area contributed by atoms with Crippen LogP contribution in [0.1, 0.15) is 21.7 Å². The summed E-state index contributed by atoms with van der Waals surface area (Å²) in [6.07, 6.45) is 3.12. The number of aromatic amines is 1. The molecule has 7 nitrogen and oxygen atoms in total. The third-order valence-corrected chi connectivity index (χ3v) is 3.01. The van der Waals surface area contributed by atoms with Gasteiger partial charge in [0.1, 0.15) is 18.3 Å². The fourth-order valence-electron chi connectivity index (χ4n) is 1.92. The normalized spacial score (nSPS) is 10.5. The van der Waals surface area contributed by atoms with Gasteiger partial charge >= 0.3 is 0 Å². The van der Waals surface area contributed by atoms with Crippen LogP contribution in [0.2, 0.25) is 0 Å². The fraction of sp³-hybridized carbons (Fsp3) is 0.143. The molecule has 0 spiro atoms. The van der Waals surface area contributed by atoms with Crippen molar-refractivity contribution in [1.82, 2.24) is 30.3 Å². The lowest BCUT2D eigenvalue weighted by atomic mass is 10.2. The molecule has 3 rings (SSSR count). The zero-order chi connectivity index (χ0) is 14.7. The van der Waals surface area contributed by atoms with Gasteiger partial charge in [-0.15, -0.1) is 0 Å². The van der Waals surface area contributed by atoms with Crippen LogP contribution < -0.4 is 5.32 Å². The number of nitrogens with zero attached hydrogens (tertiary/aromatic N) is 4. The number of amides is 1. The van der Waals surface area contributed by atoms with E-state index in [0.29, 0.717) is 12.2 Å². The van der Waals surface area contributed by atoms with Gasteiger partial charge in [0.2, 0.25) is 0 Å². The lowest BCUT2D eigenvalue weighted by Crippen LogP contribution is -2.23. The highest BCUT2D eigenvalue weighted by Crippen LogP contribution is 2.08. The summed E-state index contributed by atoms with van der Waals surface area (Å²) in [5, 5.41) is 13.5. The molecule has 0 aliphatic rings. The molecule has 0 saturated heterocycles. The van der Waals surface area contributed by atoms with Crippen molar-refractivity contribution in [1.29, 1.82) is 0 Å². The summed E-state index contributed by atoms with van der Waals surface area (Å²) in [7, 11) is 0. The van der Waals surface area contributed by atoms with Crippen LogP contribution in [0, 0.1) is 6.92 Å². The van der Waals surface area contributed by atoms with E-state index in [1.54, 1.807) is 17.1 Å². The highest BCUT2D eigenvalue weighted by molar-refractivity contribution is 5.92. The summed E-state index contributed by atoms with van der Waals surface area (Å²) >= 11 is 0. The number of aryl methyl sites for hydroxylation is 1. The van der Waals surface area contributed by atoms with Crippen molar-refractivity contribution in [3.8, 4) is 5.69 Å². The molecule has 0 unspecified atom stereocenters. The van der Waals surface area contributed by atoms with Gasteiger partial charge < -0.3 is 5.32 Å². The molecule has 21 heavy (non-hydrogen) atoms. The highest BCUT2D eigenvalue weighted by atomic mass is 16.1. The maximum Gasteiger partial charge on any atom is 0.272 e. The van der Waals surface area contributed by atoms with E-state index in [4.69, 9.17) is 0 Å². The zero-order valence-corrected chi connectivity index (χ0v) is 11.4. The van der Waals surface area contributed by atoms with Gasteiger partial charge in [0.15, 0.2) is 0 Å². The Morgan fingerprint density at radius 3 is 2.76 bits per heavy atom. The van der Waals surface area contributed by atoms with Gasteiger partial charge in [-0.3, -0.25) is 9.89 Å². The fourth-order valence-corrected chi connectivity index (χ4v) is 1.92. The number of nitrogens with one attached hydrogen (secondary N) is 2. The minimum absolute atomic E-state index is 0.195. The number of hydrogen-bond acceptors (Lipinski definition) is 4. The van der Waals surface area contributed by atoms with Crippen LogP contribution in [0.5, 0.6) is 0 Å². The molecule has 2 heterocycles. The van der Waals surface area contributed by atoms with Gasteiger partial charge in [-0.1, -0.05) is 12.1 Å². The molecule has 0 fully saturated rings. The van der Waals surface area contributed by atoms with Crippen LogP contribution in [0.15, 0.2) is 43.0 Å². The van der Waals surface area contributed by atoms with Gasteiger partial charge in [0.25, 0.3) is 5.91 Å². The summed E-state index contributed by atoms with van der Waals surface area (Å²) in [4.78, 5) is 15.8. The summed E-state index contributed by atoms with van der Waals surface area (Å²) in [6, 6.07) is 9.44. The number of carbonyl (C=O) groups is 1. The van der Waals surface area contributed by atoms with Crippen LogP contribution in [-0.2, 0) is 6.54 Å². The van der Waals surface area contributed by atoms with Crippen molar-refractivity contribution in [2.75, 3.05) is 0 Å². The Labute approximate surface area is 121 Å². The van der Waals surface area contributed by atoms with Crippen LogP contribution >= 0.6 is 0 Å². The maximum atomic E-state index is 11.9. The van der Waals surface area contributed by atoms with Crippen LogP contribution in [-0.4, -0.2) is 30.9 Å². The summed E-state index contributed by atoms with van der Waals surface area (Å²) in [5.41, 5.74) is 3.18. The lowest BCUT2D eigenvalue weighted by Gasteiger charge is -2.05. The number of carbonyl (C=O) groups excluding carboxylic acids is 1. The molecule has 2 aromatic heterocycles. The largest absolute Gasteiger partial charge is 0.347 e.